The molecule has 138 valence electrons. The highest BCUT2D eigenvalue weighted by Gasteiger charge is 2.36. The normalized spacial score (nSPS) is 15.5. The number of nitrogens with one attached hydrogen (secondary N) is 1. The minimum absolute atomic E-state index is 0.164. The summed E-state index contributed by atoms with van der Waals surface area (Å²) >= 11 is 15.1. The number of thioether (sulfide) groups is 1. The summed E-state index contributed by atoms with van der Waals surface area (Å²) in [5.74, 6) is -1.02. The lowest BCUT2D eigenvalue weighted by molar-refractivity contribution is -0.127. The molecule has 0 aromatic heterocycles. The van der Waals surface area contributed by atoms with Crippen molar-refractivity contribution in [1.29, 1.82) is 0 Å². The molecule has 1 fully saturated rings. The van der Waals surface area contributed by atoms with Gasteiger partial charge in [0.05, 0.1) is 4.91 Å². The number of imide groups is 1. The van der Waals surface area contributed by atoms with Gasteiger partial charge in [-0.1, -0.05) is 29.3 Å². The summed E-state index contributed by atoms with van der Waals surface area (Å²) in [7, 11) is 0. The Morgan fingerprint density at radius 1 is 1.11 bits per heavy atom. The molecule has 27 heavy (non-hydrogen) atoms. The van der Waals surface area contributed by atoms with Crippen LogP contribution in [0.15, 0.2) is 47.4 Å². The Kier molecular flexibility index (Phi) is 6.46. The van der Waals surface area contributed by atoms with E-state index in [9.17, 15) is 14.4 Å². The van der Waals surface area contributed by atoms with E-state index in [2.05, 4.69) is 27.9 Å². The first-order valence-corrected chi connectivity index (χ1v) is 10.2. The number of benzene rings is 2. The Morgan fingerprint density at radius 3 is 2.37 bits per heavy atom. The number of rotatable bonds is 4. The van der Waals surface area contributed by atoms with E-state index >= 15 is 0 Å². The zero-order valence-corrected chi connectivity index (χ0v) is 18.0. The Bertz CT molecular complexity index is 943. The maximum absolute atomic E-state index is 12.5. The first-order chi connectivity index (χ1) is 12.8. The van der Waals surface area contributed by atoms with Crippen LogP contribution in [-0.4, -0.2) is 28.5 Å². The predicted molar refractivity (Wildman–Crippen MR) is 117 cm³/mol. The molecule has 0 spiro atoms. The van der Waals surface area contributed by atoms with E-state index in [0.717, 1.165) is 20.2 Å². The molecule has 0 bridgehead atoms. The largest absolute Gasteiger partial charge is 0.325 e. The van der Waals surface area contributed by atoms with Gasteiger partial charge in [-0.2, -0.15) is 0 Å². The van der Waals surface area contributed by atoms with Crippen molar-refractivity contribution in [2.24, 2.45) is 0 Å². The van der Waals surface area contributed by atoms with Crippen LogP contribution in [0.25, 0.3) is 6.08 Å². The Balaban J connectivity index is 1.73. The Labute approximate surface area is 183 Å². The van der Waals surface area contributed by atoms with Crippen LogP contribution >= 0.6 is 57.6 Å². The van der Waals surface area contributed by atoms with Gasteiger partial charge in [-0.15, -0.1) is 0 Å². The van der Waals surface area contributed by atoms with Gasteiger partial charge < -0.3 is 5.32 Å². The average molecular weight is 533 g/mol. The van der Waals surface area contributed by atoms with Gasteiger partial charge in [0, 0.05) is 24.9 Å². The molecule has 0 saturated carbocycles. The summed E-state index contributed by atoms with van der Waals surface area (Å²) in [4.78, 5) is 37.9. The van der Waals surface area contributed by atoms with Crippen molar-refractivity contribution in [1.82, 2.24) is 4.90 Å². The second-order valence-corrected chi connectivity index (χ2v) is 8.51. The van der Waals surface area contributed by atoms with E-state index in [4.69, 9.17) is 23.2 Å². The molecule has 1 heterocycles. The zero-order valence-electron chi connectivity index (χ0n) is 13.5. The number of anilines is 1. The summed E-state index contributed by atoms with van der Waals surface area (Å²) < 4.78 is 1.03. The van der Waals surface area contributed by atoms with Crippen molar-refractivity contribution < 1.29 is 14.4 Å². The highest BCUT2D eigenvalue weighted by molar-refractivity contribution is 14.1. The van der Waals surface area contributed by atoms with Crippen LogP contribution in [-0.2, 0) is 9.59 Å². The fourth-order valence-electron chi connectivity index (χ4n) is 2.29. The molecule has 1 aliphatic heterocycles. The molecule has 0 radical (unpaired) electrons. The third-order valence-corrected chi connectivity index (χ3v) is 5.86. The lowest BCUT2D eigenvalue weighted by Crippen LogP contribution is -2.36. The van der Waals surface area contributed by atoms with Gasteiger partial charge in [0.1, 0.15) is 6.54 Å². The molecule has 2 aromatic carbocycles. The highest BCUT2D eigenvalue weighted by Crippen LogP contribution is 2.35. The standard InChI is InChI=1S/C18H11Cl2IN2O3S/c19-13-2-1-3-14(20)12(13)8-15-17(25)23(18(26)27-15)9-16(24)22-11-6-4-10(21)5-7-11/h1-8H,9H2,(H,22,24)/b15-8+. The number of hydrogen-bond acceptors (Lipinski definition) is 4. The van der Waals surface area contributed by atoms with Gasteiger partial charge in [0.25, 0.3) is 11.1 Å². The van der Waals surface area contributed by atoms with Gasteiger partial charge in [0.15, 0.2) is 0 Å². The maximum Gasteiger partial charge on any atom is 0.294 e. The summed E-state index contributed by atoms with van der Waals surface area (Å²) in [5, 5.41) is 2.87. The monoisotopic (exact) mass is 532 g/mol. The molecule has 0 unspecified atom stereocenters. The minimum atomic E-state index is -0.557. The fraction of sp³-hybridized carbons (Fsp3) is 0.0556. The van der Waals surface area contributed by atoms with Gasteiger partial charge in [-0.05, 0) is 76.8 Å². The van der Waals surface area contributed by atoms with E-state index in [1.54, 1.807) is 30.3 Å². The quantitative estimate of drug-likeness (QED) is 0.430. The van der Waals surface area contributed by atoms with E-state index in [1.165, 1.54) is 6.08 Å². The molecule has 1 saturated heterocycles. The lowest BCUT2D eigenvalue weighted by atomic mass is 10.2. The number of amides is 3. The molecule has 5 nitrogen and oxygen atoms in total. The lowest BCUT2D eigenvalue weighted by Gasteiger charge is -2.12. The fourth-order valence-corrected chi connectivity index (χ4v) is 3.98. The van der Waals surface area contributed by atoms with Gasteiger partial charge in [-0.25, -0.2) is 0 Å². The topological polar surface area (TPSA) is 66.5 Å². The van der Waals surface area contributed by atoms with E-state index in [1.807, 2.05) is 12.1 Å². The SMILES string of the molecule is O=C(CN1C(=O)S/C(=C/c2c(Cl)cccc2Cl)C1=O)Nc1ccc(I)cc1. The molecular weight excluding hydrogens is 522 g/mol. The van der Waals surface area contributed by atoms with Crippen LogP contribution in [0.1, 0.15) is 5.56 Å². The molecule has 1 N–H and O–H groups in total. The molecule has 1 aliphatic rings. The van der Waals surface area contributed by atoms with Gasteiger partial charge in [-0.3, -0.25) is 19.3 Å². The van der Waals surface area contributed by atoms with Gasteiger partial charge >= 0.3 is 0 Å². The van der Waals surface area contributed by atoms with Crippen molar-refractivity contribution in [2.45, 2.75) is 0 Å². The van der Waals surface area contributed by atoms with Crippen LogP contribution in [0.2, 0.25) is 10.0 Å². The summed E-state index contributed by atoms with van der Waals surface area (Å²) in [6.07, 6.45) is 1.46. The molecule has 3 rings (SSSR count). The highest BCUT2D eigenvalue weighted by atomic mass is 127. The first-order valence-electron chi connectivity index (χ1n) is 7.60. The smallest absolute Gasteiger partial charge is 0.294 e. The second kappa shape index (κ2) is 8.64. The van der Waals surface area contributed by atoms with Crippen LogP contribution in [0, 0.1) is 3.57 Å². The second-order valence-electron chi connectivity index (χ2n) is 5.46. The van der Waals surface area contributed by atoms with Crippen LogP contribution in [0.4, 0.5) is 10.5 Å². The Hall–Kier alpha value is -1.55. The van der Waals surface area contributed by atoms with Crippen molar-refractivity contribution >= 4 is 86.4 Å². The third kappa shape index (κ3) is 4.84. The molecule has 9 heteroatoms. The van der Waals surface area contributed by atoms with Crippen LogP contribution in [0.5, 0.6) is 0 Å². The molecule has 2 aromatic rings. The van der Waals surface area contributed by atoms with E-state index in [-0.39, 0.29) is 11.4 Å². The first kappa shape index (κ1) is 20.2. The van der Waals surface area contributed by atoms with E-state index < -0.39 is 17.1 Å². The number of halogens is 3. The summed E-state index contributed by atoms with van der Waals surface area (Å²) in [6.45, 7) is -0.371. The molecule has 0 atom stereocenters. The van der Waals surface area contributed by atoms with Crippen molar-refractivity contribution in [3.05, 3.63) is 66.5 Å². The maximum atomic E-state index is 12.5. The number of carbonyl (C=O) groups excluding carboxylic acids is 3. The molecule has 3 amide bonds. The average Bonchev–Trinajstić information content (AvgIpc) is 2.88. The summed E-state index contributed by atoms with van der Waals surface area (Å²) in [5.41, 5.74) is 1.04. The number of carbonyl (C=O) groups is 3. The number of hydrogen-bond donors (Lipinski definition) is 1. The zero-order chi connectivity index (χ0) is 19.6. The van der Waals surface area contributed by atoms with Crippen molar-refractivity contribution in [2.75, 3.05) is 11.9 Å². The van der Waals surface area contributed by atoms with Gasteiger partial charge in [0.2, 0.25) is 5.91 Å². The summed E-state index contributed by atoms with van der Waals surface area (Å²) in [6, 6.07) is 12.1. The van der Waals surface area contributed by atoms with Crippen molar-refractivity contribution in [3.63, 3.8) is 0 Å². The minimum Gasteiger partial charge on any atom is -0.325 e. The van der Waals surface area contributed by atoms with E-state index in [0.29, 0.717) is 21.3 Å². The van der Waals surface area contributed by atoms with Crippen LogP contribution in [0.3, 0.4) is 0 Å². The molecular formula is C18H11Cl2IN2O3S. The van der Waals surface area contributed by atoms with Crippen molar-refractivity contribution in [3.8, 4) is 0 Å². The third-order valence-electron chi connectivity index (χ3n) is 3.58. The number of nitrogens with zero attached hydrogens (tertiary/aromatic N) is 1. The Morgan fingerprint density at radius 2 is 1.74 bits per heavy atom. The molecule has 0 aliphatic carbocycles. The predicted octanol–water partition coefficient (Wildman–Crippen LogP) is 5.27. The van der Waals surface area contributed by atoms with Crippen LogP contribution < -0.4 is 5.32 Å².